The quantitative estimate of drug-likeness (QED) is 0.907. The molecule has 0 radical (unpaired) electrons. The van der Waals surface area contributed by atoms with Crippen molar-refractivity contribution in [1.29, 1.82) is 0 Å². The Balaban J connectivity index is 2.04. The van der Waals surface area contributed by atoms with Gasteiger partial charge in [0.15, 0.2) is 6.10 Å². The van der Waals surface area contributed by atoms with Crippen molar-refractivity contribution in [1.82, 2.24) is 4.90 Å². The van der Waals surface area contributed by atoms with Crippen LogP contribution >= 0.6 is 0 Å². The monoisotopic (exact) mass is 277 g/mol. The van der Waals surface area contributed by atoms with E-state index < -0.39 is 12.1 Å². The standard InChI is InChI=1S/C15H19NO4/c1-2-3-11-4-6-12(7-5-11)14(17)16-8-9-20-13(10-16)15(18)19/h4-7,13H,2-3,8-10H2,1H3,(H,18,19). The van der Waals surface area contributed by atoms with E-state index in [0.717, 1.165) is 12.8 Å². The minimum absolute atomic E-state index is 0.102. The molecule has 1 aliphatic heterocycles. The van der Waals surface area contributed by atoms with Gasteiger partial charge < -0.3 is 14.7 Å². The number of aliphatic carboxylic acids is 1. The Labute approximate surface area is 118 Å². The molecule has 5 nitrogen and oxygen atoms in total. The molecule has 1 aliphatic rings. The van der Waals surface area contributed by atoms with E-state index in [1.54, 1.807) is 12.1 Å². The van der Waals surface area contributed by atoms with Crippen LogP contribution in [0.4, 0.5) is 0 Å². The molecule has 20 heavy (non-hydrogen) atoms. The summed E-state index contributed by atoms with van der Waals surface area (Å²) >= 11 is 0. The zero-order chi connectivity index (χ0) is 14.5. The molecule has 1 aromatic rings. The number of hydrogen-bond donors (Lipinski definition) is 1. The van der Waals surface area contributed by atoms with Gasteiger partial charge in [0.25, 0.3) is 5.91 Å². The molecule has 0 spiro atoms. The normalized spacial score (nSPS) is 18.9. The van der Waals surface area contributed by atoms with Crippen molar-refractivity contribution in [2.24, 2.45) is 0 Å². The minimum atomic E-state index is -1.03. The predicted molar refractivity (Wildman–Crippen MR) is 73.7 cm³/mol. The fourth-order valence-corrected chi connectivity index (χ4v) is 2.27. The van der Waals surface area contributed by atoms with Gasteiger partial charge in [-0.15, -0.1) is 0 Å². The number of carboxylic acid groups (broad SMARTS) is 1. The maximum absolute atomic E-state index is 12.3. The van der Waals surface area contributed by atoms with Gasteiger partial charge in [-0.2, -0.15) is 0 Å². The highest BCUT2D eigenvalue weighted by atomic mass is 16.5. The van der Waals surface area contributed by atoms with E-state index in [9.17, 15) is 9.59 Å². The first-order chi connectivity index (χ1) is 9.61. The van der Waals surface area contributed by atoms with Gasteiger partial charge in [-0.3, -0.25) is 4.79 Å². The fraction of sp³-hybridized carbons (Fsp3) is 0.467. The van der Waals surface area contributed by atoms with Gasteiger partial charge in [-0.25, -0.2) is 4.79 Å². The SMILES string of the molecule is CCCc1ccc(C(=O)N2CCOC(C(=O)O)C2)cc1. The first kappa shape index (κ1) is 14.5. The zero-order valence-electron chi connectivity index (χ0n) is 11.5. The average molecular weight is 277 g/mol. The van der Waals surface area contributed by atoms with Crippen LogP contribution in [0.15, 0.2) is 24.3 Å². The Morgan fingerprint density at radius 1 is 1.35 bits per heavy atom. The molecule has 1 fully saturated rings. The summed E-state index contributed by atoms with van der Waals surface area (Å²) in [4.78, 5) is 24.8. The van der Waals surface area contributed by atoms with Crippen molar-refractivity contribution in [3.05, 3.63) is 35.4 Å². The number of amides is 1. The van der Waals surface area contributed by atoms with Gasteiger partial charge in [-0.05, 0) is 24.1 Å². The molecule has 5 heteroatoms. The summed E-state index contributed by atoms with van der Waals surface area (Å²) in [5, 5.41) is 8.94. The number of carbonyl (C=O) groups is 2. The Kier molecular flexibility index (Phi) is 4.74. The van der Waals surface area contributed by atoms with Crippen molar-refractivity contribution in [3.8, 4) is 0 Å². The molecule has 0 aliphatic carbocycles. The second kappa shape index (κ2) is 6.52. The first-order valence-electron chi connectivity index (χ1n) is 6.84. The number of carbonyl (C=O) groups excluding carboxylic acids is 1. The summed E-state index contributed by atoms with van der Waals surface area (Å²) in [5.74, 6) is -1.16. The number of aryl methyl sites for hydroxylation is 1. The zero-order valence-corrected chi connectivity index (χ0v) is 11.5. The first-order valence-corrected chi connectivity index (χ1v) is 6.84. The molecule has 1 heterocycles. The van der Waals surface area contributed by atoms with Crippen LogP contribution in [-0.4, -0.2) is 47.7 Å². The van der Waals surface area contributed by atoms with Crippen LogP contribution in [0.1, 0.15) is 29.3 Å². The van der Waals surface area contributed by atoms with Crippen LogP contribution < -0.4 is 0 Å². The molecular formula is C15H19NO4. The Bertz CT molecular complexity index is 483. The van der Waals surface area contributed by atoms with Crippen molar-refractivity contribution in [2.45, 2.75) is 25.9 Å². The van der Waals surface area contributed by atoms with Gasteiger partial charge in [0, 0.05) is 12.1 Å². The maximum atomic E-state index is 12.3. The number of carboxylic acids is 1. The predicted octanol–water partition coefficient (Wildman–Crippen LogP) is 1.56. The third kappa shape index (κ3) is 3.36. The third-order valence-corrected chi connectivity index (χ3v) is 3.37. The summed E-state index contributed by atoms with van der Waals surface area (Å²) in [7, 11) is 0. The topological polar surface area (TPSA) is 66.8 Å². The minimum Gasteiger partial charge on any atom is -0.479 e. The molecule has 1 aromatic carbocycles. The molecule has 1 saturated heterocycles. The van der Waals surface area contributed by atoms with E-state index >= 15 is 0 Å². The highest BCUT2D eigenvalue weighted by molar-refractivity contribution is 5.94. The van der Waals surface area contributed by atoms with Gasteiger partial charge >= 0.3 is 5.97 Å². The van der Waals surface area contributed by atoms with Crippen LogP contribution in [-0.2, 0) is 16.0 Å². The van der Waals surface area contributed by atoms with E-state index in [2.05, 4.69) is 6.92 Å². The van der Waals surface area contributed by atoms with Crippen LogP contribution in [0.2, 0.25) is 0 Å². The summed E-state index contributed by atoms with van der Waals surface area (Å²) in [6.45, 7) is 2.90. The second-order valence-electron chi connectivity index (χ2n) is 4.90. The fourth-order valence-electron chi connectivity index (χ4n) is 2.27. The number of nitrogens with zero attached hydrogens (tertiary/aromatic N) is 1. The lowest BCUT2D eigenvalue weighted by Gasteiger charge is -2.30. The Morgan fingerprint density at radius 2 is 2.05 bits per heavy atom. The highest BCUT2D eigenvalue weighted by Gasteiger charge is 2.29. The van der Waals surface area contributed by atoms with Gasteiger partial charge in [0.1, 0.15) is 0 Å². The van der Waals surface area contributed by atoms with Crippen molar-refractivity contribution < 1.29 is 19.4 Å². The van der Waals surface area contributed by atoms with E-state index in [1.165, 1.54) is 10.5 Å². The largest absolute Gasteiger partial charge is 0.479 e. The van der Waals surface area contributed by atoms with E-state index in [-0.39, 0.29) is 19.1 Å². The van der Waals surface area contributed by atoms with Crippen LogP contribution in [0.25, 0.3) is 0 Å². The van der Waals surface area contributed by atoms with Crippen molar-refractivity contribution >= 4 is 11.9 Å². The number of benzene rings is 1. The summed E-state index contributed by atoms with van der Waals surface area (Å²) in [6, 6.07) is 7.51. The average Bonchev–Trinajstić information content (AvgIpc) is 2.48. The number of morpholine rings is 1. The lowest BCUT2D eigenvalue weighted by atomic mass is 10.1. The number of ether oxygens (including phenoxy) is 1. The molecule has 1 unspecified atom stereocenters. The van der Waals surface area contributed by atoms with Crippen LogP contribution in [0, 0.1) is 0 Å². The highest BCUT2D eigenvalue weighted by Crippen LogP contribution is 2.13. The van der Waals surface area contributed by atoms with Gasteiger partial charge in [-0.1, -0.05) is 25.5 Å². The van der Waals surface area contributed by atoms with E-state index in [4.69, 9.17) is 9.84 Å². The molecule has 0 saturated carbocycles. The van der Waals surface area contributed by atoms with E-state index in [0.29, 0.717) is 12.1 Å². The van der Waals surface area contributed by atoms with E-state index in [1.807, 2.05) is 12.1 Å². The molecule has 0 bridgehead atoms. The lowest BCUT2D eigenvalue weighted by molar-refractivity contribution is -0.154. The Morgan fingerprint density at radius 3 is 2.65 bits per heavy atom. The second-order valence-corrected chi connectivity index (χ2v) is 4.90. The number of hydrogen-bond acceptors (Lipinski definition) is 3. The molecule has 1 N–H and O–H groups in total. The maximum Gasteiger partial charge on any atom is 0.334 e. The van der Waals surface area contributed by atoms with Crippen molar-refractivity contribution in [2.75, 3.05) is 19.7 Å². The molecule has 108 valence electrons. The summed E-state index contributed by atoms with van der Waals surface area (Å²) < 4.78 is 5.11. The van der Waals surface area contributed by atoms with Gasteiger partial charge in [0.05, 0.1) is 13.2 Å². The molecule has 2 rings (SSSR count). The Hall–Kier alpha value is -1.88. The van der Waals surface area contributed by atoms with Gasteiger partial charge in [0.2, 0.25) is 0 Å². The molecular weight excluding hydrogens is 258 g/mol. The van der Waals surface area contributed by atoms with Crippen LogP contribution in [0.5, 0.6) is 0 Å². The summed E-state index contributed by atoms with van der Waals surface area (Å²) in [5.41, 5.74) is 1.80. The smallest absolute Gasteiger partial charge is 0.334 e. The number of rotatable bonds is 4. The summed E-state index contributed by atoms with van der Waals surface area (Å²) in [6.07, 6.45) is 1.14. The third-order valence-electron chi connectivity index (χ3n) is 3.37. The molecule has 1 atom stereocenters. The molecule has 1 amide bonds. The lowest BCUT2D eigenvalue weighted by Crippen LogP contribution is -2.48. The van der Waals surface area contributed by atoms with Crippen molar-refractivity contribution in [3.63, 3.8) is 0 Å². The molecule has 0 aromatic heterocycles. The van der Waals surface area contributed by atoms with Crippen LogP contribution in [0.3, 0.4) is 0 Å².